The van der Waals surface area contributed by atoms with Gasteiger partial charge in [0.25, 0.3) is 0 Å². The maximum absolute atomic E-state index is 5.87. The summed E-state index contributed by atoms with van der Waals surface area (Å²) in [6.07, 6.45) is 6.39. The van der Waals surface area contributed by atoms with E-state index in [0.717, 1.165) is 10.7 Å². The molecule has 0 saturated heterocycles. The summed E-state index contributed by atoms with van der Waals surface area (Å²) in [5.41, 5.74) is 6.93. The van der Waals surface area contributed by atoms with Crippen LogP contribution in [0.15, 0.2) is 10.4 Å². The van der Waals surface area contributed by atoms with E-state index in [1.54, 1.807) is 11.3 Å². The molecule has 1 saturated carbocycles. The zero-order valence-electron chi connectivity index (χ0n) is 10.3. The van der Waals surface area contributed by atoms with Crippen LogP contribution >= 0.6 is 11.3 Å². The van der Waals surface area contributed by atoms with Crippen molar-refractivity contribution in [1.29, 1.82) is 0 Å². The standard InChI is InChI=1S/C12H20N4S/c1-9-8-17-11(15-9)7-14-12(13)16-10-5-3-2-4-6-10/h8,10H,2-7H2,1H3,(H3,13,14,16). The predicted molar refractivity (Wildman–Crippen MR) is 72.2 cm³/mol. The van der Waals surface area contributed by atoms with E-state index >= 15 is 0 Å². The van der Waals surface area contributed by atoms with E-state index in [-0.39, 0.29) is 0 Å². The summed E-state index contributed by atoms with van der Waals surface area (Å²) in [7, 11) is 0. The number of thiazole rings is 1. The Morgan fingerprint density at radius 3 is 2.94 bits per heavy atom. The molecule has 0 aliphatic heterocycles. The largest absolute Gasteiger partial charge is 0.370 e. The molecule has 4 nitrogen and oxygen atoms in total. The lowest BCUT2D eigenvalue weighted by atomic mass is 9.96. The van der Waals surface area contributed by atoms with E-state index in [2.05, 4.69) is 15.3 Å². The summed E-state index contributed by atoms with van der Waals surface area (Å²) < 4.78 is 0. The van der Waals surface area contributed by atoms with E-state index in [9.17, 15) is 0 Å². The van der Waals surface area contributed by atoms with Crippen molar-refractivity contribution in [3.05, 3.63) is 16.1 Å². The average molecular weight is 252 g/mol. The highest BCUT2D eigenvalue weighted by atomic mass is 32.1. The number of nitrogens with zero attached hydrogens (tertiary/aromatic N) is 2. The monoisotopic (exact) mass is 252 g/mol. The van der Waals surface area contributed by atoms with Gasteiger partial charge in [0, 0.05) is 17.1 Å². The van der Waals surface area contributed by atoms with Crippen LogP contribution in [0.25, 0.3) is 0 Å². The van der Waals surface area contributed by atoms with Crippen molar-refractivity contribution < 1.29 is 0 Å². The minimum absolute atomic E-state index is 0.519. The minimum atomic E-state index is 0.519. The molecule has 0 atom stereocenters. The number of hydrogen-bond acceptors (Lipinski definition) is 3. The summed E-state index contributed by atoms with van der Waals surface area (Å²) in [4.78, 5) is 8.69. The van der Waals surface area contributed by atoms with Gasteiger partial charge in [-0.2, -0.15) is 0 Å². The first-order chi connectivity index (χ1) is 8.24. The third-order valence-electron chi connectivity index (χ3n) is 3.01. The fourth-order valence-corrected chi connectivity index (χ4v) is 2.82. The summed E-state index contributed by atoms with van der Waals surface area (Å²) in [5.74, 6) is 0.560. The summed E-state index contributed by atoms with van der Waals surface area (Å²) in [5, 5.41) is 6.36. The Balaban J connectivity index is 1.80. The maximum atomic E-state index is 5.87. The predicted octanol–water partition coefficient (Wildman–Crippen LogP) is 2.19. The number of hydrogen-bond donors (Lipinski definition) is 2. The topological polar surface area (TPSA) is 63.3 Å². The van der Waals surface area contributed by atoms with Gasteiger partial charge in [0.15, 0.2) is 5.96 Å². The molecule has 5 heteroatoms. The Kier molecular flexibility index (Phi) is 4.36. The molecule has 1 aliphatic rings. The number of aliphatic imine (C=N–C) groups is 1. The second kappa shape index (κ2) is 6.00. The Bertz CT molecular complexity index is 380. The zero-order valence-corrected chi connectivity index (χ0v) is 11.1. The normalized spacial score (nSPS) is 18.3. The second-order valence-corrected chi connectivity index (χ2v) is 5.51. The fourth-order valence-electron chi connectivity index (χ4n) is 2.13. The molecule has 0 unspecified atom stereocenters. The molecule has 0 radical (unpaired) electrons. The average Bonchev–Trinajstić information content (AvgIpc) is 2.74. The molecule has 0 amide bonds. The van der Waals surface area contributed by atoms with E-state index in [0.29, 0.717) is 18.5 Å². The van der Waals surface area contributed by atoms with Gasteiger partial charge in [-0.15, -0.1) is 11.3 Å². The SMILES string of the molecule is Cc1csc(CN=C(N)NC2CCCCC2)n1. The Morgan fingerprint density at radius 2 is 2.29 bits per heavy atom. The lowest BCUT2D eigenvalue weighted by Gasteiger charge is -2.23. The summed E-state index contributed by atoms with van der Waals surface area (Å²) >= 11 is 1.64. The van der Waals surface area contributed by atoms with Gasteiger partial charge < -0.3 is 11.1 Å². The molecule has 17 heavy (non-hydrogen) atoms. The van der Waals surface area contributed by atoms with Crippen molar-refractivity contribution in [2.24, 2.45) is 10.7 Å². The van der Waals surface area contributed by atoms with Crippen molar-refractivity contribution in [2.75, 3.05) is 0 Å². The highest BCUT2D eigenvalue weighted by Gasteiger charge is 2.13. The maximum Gasteiger partial charge on any atom is 0.189 e. The molecule has 1 aliphatic carbocycles. The number of nitrogens with two attached hydrogens (primary N) is 1. The molecular formula is C12H20N4S. The molecule has 0 aromatic carbocycles. The molecular weight excluding hydrogens is 232 g/mol. The third-order valence-corrected chi connectivity index (χ3v) is 3.96. The fraction of sp³-hybridized carbons (Fsp3) is 0.667. The highest BCUT2D eigenvalue weighted by Crippen LogP contribution is 2.17. The lowest BCUT2D eigenvalue weighted by molar-refractivity contribution is 0.412. The number of aryl methyl sites for hydroxylation is 1. The third kappa shape index (κ3) is 4.00. The van der Waals surface area contributed by atoms with Crippen LogP contribution in [0.5, 0.6) is 0 Å². The smallest absolute Gasteiger partial charge is 0.189 e. The molecule has 0 spiro atoms. The van der Waals surface area contributed by atoms with Gasteiger partial charge in [0.2, 0.25) is 0 Å². The van der Waals surface area contributed by atoms with Crippen LogP contribution < -0.4 is 11.1 Å². The number of guanidine groups is 1. The van der Waals surface area contributed by atoms with Crippen LogP contribution in [0.4, 0.5) is 0 Å². The van der Waals surface area contributed by atoms with Crippen molar-refractivity contribution >= 4 is 17.3 Å². The highest BCUT2D eigenvalue weighted by molar-refractivity contribution is 7.09. The van der Waals surface area contributed by atoms with Gasteiger partial charge >= 0.3 is 0 Å². The van der Waals surface area contributed by atoms with E-state index < -0.39 is 0 Å². The van der Waals surface area contributed by atoms with Crippen molar-refractivity contribution in [2.45, 2.75) is 51.6 Å². The van der Waals surface area contributed by atoms with Crippen LogP contribution in [-0.4, -0.2) is 17.0 Å². The van der Waals surface area contributed by atoms with Crippen LogP contribution in [0.3, 0.4) is 0 Å². The van der Waals surface area contributed by atoms with Crippen molar-refractivity contribution in [3.8, 4) is 0 Å². The first-order valence-corrected chi connectivity index (χ1v) is 7.09. The van der Waals surface area contributed by atoms with Crippen LogP contribution in [0, 0.1) is 6.92 Å². The van der Waals surface area contributed by atoms with E-state index in [1.807, 2.05) is 12.3 Å². The molecule has 1 fully saturated rings. The zero-order chi connectivity index (χ0) is 12.1. The van der Waals surface area contributed by atoms with Crippen LogP contribution in [-0.2, 0) is 6.54 Å². The number of rotatable bonds is 3. The molecule has 2 rings (SSSR count). The van der Waals surface area contributed by atoms with Gasteiger partial charge in [-0.05, 0) is 19.8 Å². The molecule has 1 heterocycles. The molecule has 1 aromatic heterocycles. The Labute approximate surface area is 106 Å². The second-order valence-electron chi connectivity index (χ2n) is 4.56. The quantitative estimate of drug-likeness (QED) is 0.640. The van der Waals surface area contributed by atoms with Crippen LogP contribution in [0.2, 0.25) is 0 Å². The van der Waals surface area contributed by atoms with Gasteiger partial charge in [0.1, 0.15) is 5.01 Å². The molecule has 1 aromatic rings. The van der Waals surface area contributed by atoms with Crippen molar-refractivity contribution in [1.82, 2.24) is 10.3 Å². The van der Waals surface area contributed by atoms with E-state index in [1.165, 1.54) is 32.1 Å². The Hall–Kier alpha value is -1.10. The molecule has 0 bridgehead atoms. The Morgan fingerprint density at radius 1 is 1.53 bits per heavy atom. The summed E-state index contributed by atoms with van der Waals surface area (Å²) in [6, 6.07) is 0.519. The minimum Gasteiger partial charge on any atom is -0.370 e. The van der Waals surface area contributed by atoms with Crippen LogP contribution in [0.1, 0.15) is 42.8 Å². The van der Waals surface area contributed by atoms with Crippen molar-refractivity contribution in [3.63, 3.8) is 0 Å². The first-order valence-electron chi connectivity index (χ1n) is 6.21. The van der Waals surface area contributed by atoms with Gasteiger partial charge in [0.05, 0.1) is 6.54 Å². The molecule has 94 valence electrons. The lowest BCUT2D eigenvalue weighted by Crippen LogP contribution is -2.41. The first kappa shape index (κ1) is 12.4. The number of aromatic nitrogens is 1. The molecule has 3 N–H and O–H groups in total. The van der Waals surface area contributed by atoms with Gasteiger partial charge in [-0.3, -0.25) is 0 Å². The van der Waals surface area contributed by atoms with E-state index in [4.69, 9.17) is 5.73 Å². The number of nitrogens with one attached hydrogen (secondary N) is 1. The van der Waals surface area contributed by atoms with Gasteiger partial charge in [-0.25, -0.2) is 9.98 Å². The van der Waals surface area contributed by atoms with Gasteiger partial charge in [-0.1, -0.05) is 19.3 Å². The summed E-state index contributed by atoms with van der Waals surface area (Å²) in [6.45, 7) is 2.58.